The molecule has 0 saturated carbocycles. The van der Waals surface area contributed by atoms with Crippen molar-refractivity contribution < 1.29 is 5.11 Å². The Morgan fingerprint density at radius 3 is 3.12 bits per heavy atom. The third-order valence-electron chi connectivity index (χ3n) is 4.03. The molecule has 3 rings (SSSR count). The minimum atomic E-state index is 0.455. The second-order valence-electron chi connectivity index (χ2n) is 4.95. The van der Waals surface area contributed by atoms with Crippen molar-refractivity contribution >= 4 is 5.69 Å². The lowest BCUT2D eigenvalue weighted by molar-refractivity contribution is 0.356. The van der Waals surface area contributed by atoms with Gasteiger partial charge in [-0.1, -0.05) is 6.07 Å². The first-order chi connectivity index (χ1) is 7.79. The summed E-state index contributed by atoms with van der Waals surface area (Å²) in [5, 5.41) is 9.85. The van der Waals surface area contributed by atoms with E-state index in [1.165, 1.54) is 18.5 Å². The minimum absolute atomic E-state index is 0.455. The molecule has 0 amide bonds. The van der Waals surface area contributed by atoms with Crippen LogP contribution in [-0.2, 0) is 6.42 Å². The van der Waals surface area contributed by atoms with Crippen molar-refractivity contribution in [1.82, 2.24) is 0 Å². The summed E-state index contributed by atoms with van der Waals surface area (Å²) in [6.07, 6.45) is 3.34. The SMILES string of the molecule is NCC1CCN2c3cccc(O)c3CC2C1. The maximum atomic E-state index is 9.85. The topological polar surface area (TPSA) is 49.5 Å². The van der Waals surface area contributed by atoms with E-state index in [2.05, 4.69) is 11.0 Å². The molecule has 0 spiro atoms. The zero-order chi connectivity index (χ0) is 11.1. The van der Waals surface area contributed by atoms with Crippen LogP contribution in [0.4, 0.5) is 5.69 Å². The molecule has 3 N–H and O–H groups in total. The Bertz CT molecular complexity index is 405. The highest BCUT2D eigenvalue weighted by Gasteiger charge is 2.35. The molecule has 2 unspecified atom stereocenters. The molecule has 3 heteroatoms. The molecular weight excluding hydrogens is 200 g/mol. The molecule has 1 aromatic rings. The molecule has 0 bridgehead atoms. The van der Waals surface area contributed by atoms with Gasteiger partial charge in [0.2, 0.25) is 0 Å². The van der Waals surface area contributed by atoms with Gasteiger partial charge in [0.05, 0.1) is 0 Å². The molecule has 0 aromatic heterocycles. The van der Waals surface area contributed by atoms with Crippen LogP contribution >= 0.6 is 0 Å². The Labute approximate surface area is 95.9 Å². The van der Waals surface area contributed by atoms with Crippen LogP contribution in [0.2, 0.25) is 0 Å². The van der Waals surface area contributed by atoms with Gasteiger partial charge in [-0.3, -0.25) is 0 Å². The summed E-state index contributed by atoms with van der Waals surface area (Å²) in [5.41, 5.74) is 8.12. The molecule has 2 aliphatic heterocycles. The number of anilines is 1. The summed E-state index contributed by atoms with van der Waals surface area (Å²) in [6, 6.07) is 6.41. The number of hydrogen-bond acceptors (Lipinski definition) is 3. The van der Waals surface area contributed by atoms with Crippen LogP contribution in [0.5, 0.6) is 5.75 Å². The second kappa shape index (κ2) is 3.67. The predicted octanol–water partition coefficient (Wildman–Crippen LogP) is 1.49. The fourth-order valence-corrected chi connectivity index (χ4v) is 3.14. The van der Waals surface area contributed by atoms with E-state index in [4.69, 9.17) is 5.73 Å². The summed E-state index contributed by atoms with van der Waals surface area (Å²) in [5.74, 6) is 1.12. The fraction of sp³-hybridized carbons (Fsp3) is 0.538. The summed E-state index contributed by atoms with van der Waals surface area (Å²) >= 11 is 0. The number of benzene rings is 1. The van der Waals surface area contributed by atoms with E-state index in [0.717, 1.165) is 25.1 Å². The summed E-state index contributed by atoms with van der Waals surface area (Å²) in [4.78, 5) is 2.45. The van der Waals surface area contributed by atoms with Crippen molar-refractivity contribution in [3.05, 3.63) is 23.8 Å². The van der Waals surface area contributed by atoms with E-state index in [0.29, 0.717) is 17.7 Å². The molecule has 1 saturated heterocycles. The third kappa shape index (κ3) is 1.39. The quantitative estimate of drug-likeness (QED) is 0.751. The van der Waals surface area contributed by atoms with E-state index in [-0.39, 0.29) is 0 Å². The van der Waals surface area contributed by atoms with E-state index in [9.17, 15) is 5.11 Å². The number of aromatic hydroxyl groups is 1. The first-order valence-electron chi connectivity index (χ1n) is 6.07. The third-order valence-corrected chi connectivity index (χ3v) is 4.03. The van der Waals surface area contributed by atoms with Crippen LogP contribution in [0, 0.1) is 5.92 Å². The molecule has 16 heavy (non-hydrogen) atoms. The van der Waals surface area contributed by atoms with Gasteiger partial charge >= 0.3 is 0 Å². The molecule has 2 aliphatic rings. The molecule has 1 aromatic carbocycles. The van der Waals surface area contributed by atoms with Gasteiger partial charge in [-0.15, -0.1) is 0 Å². The van der Waals surface area contributed by atoms with Crippen LogP contribution in [-0.4, -0.2) is 24.2 Å². The maximum Gasteiger partial charge on any atom is 0.120 e. The second-order valence-corrected chi connectivity index (χ2v) is 4.95. The van der Waals surface area contributed by atoms with Crippen LogP contribution in [0.25, 0.3) is 0 Å². The van der Waals surface area contributed by atoms with Crippen LogP contribution in [0.1, 0.15) is 18.4 Å². The van der Waals surface area contributed by atoms with Crippen LogP contribution in [0.3, 0.4) is 0 Å². The van der Waals surface area contributed by atoms with Crippen molar-refractivity contribution in [3.8, 4) is 5.75 Å². The molecule has 86 valence electrons. The molecule has 1 fully saturated rings. The van der Waals surface area contributed by atoms with E-state index >= 15 is 0 Å². The lowest BCUT2D eigenvalue weighted by Gasteiger charge is -2.36. The van der Waals surface area contributed by atoms with Crippen molar-refractivity contribution in [1.29, 1.82) is 0 Å². The van der Waals surface area contributed by atoms with Gasteiger partial charge in [0, 0.05) is 23.8 Å². The monoisotopic (exact) mass is 218 g/mol. The lowest BCUT2D eigenvalue weighted by Crippen LogP contribution is -2.41. The van der Waals surface area contributed by atoms with Gasteiger partial charge < -0.3 is 15.7 Å². The van der Waals surface area contributed by atoms with Crippen LogP contribution < -0.4 is 10.6 Å². The van der Waals surface area contributed by atoms with E-state index in [1.807, 2.05) is 6.07 Å². The molecule has 0 radical (unpaired) electrons. The fourth-order valence-electron chi connectivity index (χ4n) is 3.14. The summed E-state index contributed by atoms with van der Waals surface area (Å²) in [6.45, 7) is 1.88. The highest BCUT2D eigenvalue weighted by atomic mass is 16.3. The van der Waals surface area contributed by atoms with Gasteiger partial charge in [0.15, 0.2) is 0 Å². The Morgan fingerprint density at radius 2 is 2.31 bits per heavy atom. The van der Waals surface area contributed by atoms with Crippen molar-refractivity contribution in [2.75, 3.05) is 18.0 Å². The molecule has 3 nitrogen and oxygen atoms in total. The summed E-state index contributed by atoms with van der Waals surface area (Å²) in [7, 11) is 0. The van der Waals surface area contributed by atoms with Crippen LogP contribution in [0.15, 0.2) is 18.2 Å². The Balaban J connectivity index is 1.90. The first-order valence-corrected chi connectivity index (χ1v) is 6.07. The first kappa shape index (κ1) is 9.97. The normalized spacial score (nSPS) is 27.7. The van der Waals surface area contributed by atoms with E-state index in [1.54, 1.807) is 6.07 Å². The minimum Gasteiger partial charge on any atom is -0.508 e. The van der Waals surface area contributed by atoms with Gasteiger partial charge in [-0.05, 0) is 43.9 Å². The Morgan fingerprint density at radius 1 is 1.44 bits per heavy atom. The van der Waals surface area contributed by atoms with Crippen molar-refractivity contribution in [3.63, 3.8) is 0 Å². The average molecular weight is 218 g/mol. The van der Waals surface area contributed by atoms with Gasteiger partial charge in [0.25, 0.3) is 0 Å². The van der Waals surface area contributed by atoms with Gasteiger partial charge in [-0.25, -0.2) is 0 Å². The number of phenolic OH excluding ortho intramolecular Hbond substituents is 1. The summed E-state index contributed by atoms with van der Waals surface area (Å²) < 4.78 is 0. The van der Waals surface area contributed by atoms with E-state index < -0.39 is 0 Å². The Hall–Kier alpha value is -1.22. The number of fused-ring (bicyclic) bond motifs is 3. The zero-order valence-electron chi connectivity index (χ0n) is 9.39. The highest BCUT2D eigenvalue weighted by Crippen LogP contribution is 2.41. The number of phenols is 1. The smallest absolute Gasteiger partial charge is 0.120 e. The number of nitrogens with two attached hydrogens (primary N) is 1. The Kier molecular flexibility index (Phi) is 2.28. The number of rotatable bonds is 1. The lowest BCUT2D eigenvalue weighted by atomic mass is 9.91. The number of hydrogen-bond donors (Lipinski definition) is 2. The molecular formula is C13H18N2O. The van der Waals surface area contributed by atoms with Crippen molar-refractivity contribution in [2.45, 2.75) is 25.3 Å². The molecule has 2 atom stereocenters. The molecule has 2 heterocycles. The molecule has 0 aliphatic carbocycles. The number of piperidine rings is 1. The van der Waals surface area contributed by atoms with Crippen molar-refractivity contribution in [2.24, 2.45) is 11.7 Å². The zero-order valence-corrected chi connectivity index (χ0v) is 9.39. The highest BCUT2D eigenvalue weighted by molar-refractivity contribution is 5.64. The largest absolute Gasteiger partial charge is 0.508 e. The van der Waals surface area contributed by atoms with Gasteiger partial charge in [-0.2, -0.15) is 0 Å². The van der Waals surface area contributed by atoms with Gasteiger partial charge in [0.1, 0.15) is 5.75 Å². The average Bonchev–Trinajstić information content (AvgIpc) is 2.68. The number of nitrogens with zero attached hydrogens (tertiary/aromatic N) is 1. The maximum absolute atomic E-state index is 9.85. The predicted molar refractivity (Wildman–Crippen MR) is 64.7 cm³/mol. The standard InChI is InChI=1S/C13H18N2O/c14-8-9-4-5-15-10(6-9)7-11-12(15)2-1-3-13(11)16/h1-3,9-10,16H,4-8,14H2.